The van der Waals surface area contributed by atoms with Crippen LogP contribution in [0.2, 0.25) is 0 Å². The lowest BCUT2D eigenvalue weighted by molar-refractivity contribution is 0.0696. The van der Waals surface area contributed by atoms with Crippen LogP contribution in [-0.2, 0) is 13.0 Å². The van der Waals surface area contributed by atoms with E-state index < -0.39 is 5.97 Å². The highest BCUT2D eigenvalue weighted by Crippen LogP contribution is 2.03. The molecule has 0 atom stereocenters. The van der Waals surface area contributed by atoms with E-state index in [4.69, 9.17) is 5.11 Å². The van der Waals surface area contributed by atoms with Crippen molar-refractivity contribution in [2.24, 2.45) is 0 Å². The summed E-state index contributed by atoms with van der Waals surface area (Å²) < 4.78 is 0. The molecule has 2 heterocycles. The van der Waals surface area contributed by atoms with Crippen molar-refractivity contribution in [2.45, 2.75) is 13.0 Å². The molecule has 0 aromatic carbocycles. The molecule has 7 nitrogen and oxygen atoms in total. The summed E-state index contributed by atoms with van der Waals surface area (Å²) in [6.45, 7) is 0.659. The van der Waals surface area contributed by atoms with Crippen molar-refractivity contribution in [2.75, 3.05) is 6.54 Å². The van der Waals surface area contributed by atoms with Gasteiger partial charge in [0.05, 0.1) is 22.8 Å². The lowest BCUT2D eigenvalue weighted by Gasteiger charge is -2.07. The minimum absolute atomic E-state index is 0.144. The number of carboxylic acids is 1. The van der Waals surface area contributed by atoms with E-state index in [0.29, 0.717) is 18.7 Å². The Balaban J connectivity index is 1.73. The van der Waals surface area contributed by atoms with Gasteiger partial charge in [0, 0.05) is 30.7 Å². The summed E-state index contributed by atoms with van der Waals surface area (Å²) in [6, 6.07) is 2.51. The van der Waals surface area contributed by atoms with Crippen LogP contribution >= 0.6 is 11.3 Å². The third kappa shape index (κ3) is 4.84. The number of nitrogens with one attached hydrogen (secondary N) is 2. The van der Waals surface area contributed by atoms with Crippen LogP contribution in [-0.4, -0.2) is 33.6 Å². The van der Waals surface area contributed by atoms with Gasteiger partial charge in [-0.1, -0.05) is 0 Å². The second kappa shape index (κ2) is 7.34. The molecule has 0 bridgehead atoms. The summed E-state index contributed by atoms with van der Waals surface area (Å²) in [6.07, 6.45) is 3.81. The van der Waals surface area contributed by atoms with E-state index in [0.717, 1.165) is 5.01 Å². The van der Waals surface area contributed by atoms with Gasteiger partial charge in [-0.05, 0) is 12.1 Å². The van der Waals surface area contributed by atoms with Gasteiger partial charge in [0.25, 0.3) is 0 Å². The zero-order valence-corrected chi connectivity index (χ0v) is 11.9. The van der Waals surface area contributed by atoms with E-state index in [-0.39, 0.29) is 18.1 Å². The molecule has 0 fully saturated rings. The summed E-state index contributed by atoms with van der Waals surface area (Å²) in [5, 5.41) is 17.0. The van der Waals surface area contributed by atoms with Crippen molar-refractivity contribution in [1.29, 1.82) is 0 Å². The van der Waals surface area contributed by atoms with Crippen LogP contribution in [0.4, 0.5) is 4.79 Å². The van der Waals surface area contributed by atoms with Crippen LogP contribution in [0.5, 0.6) is 0 Å². The molecule has 0 aliphatic carbocycles. The smallest absolute Gasteiger partial charge is 0.335 e. The van der Waals surface area contributed by atoms with Gasteiger partial charge < -0.3 is 15.7 Å². The largest absolute Gasteiger partial charge is 0.478 e. The summed E-state index contributed by atoms with van der Waals surface area (Å²) in [7, 11) is 0. The Morgan fingerprint density at radius 3 is 2.81 bits per heavy atom. The summed E-state index contributed by atoms with van der Waals surface area (Å²) in [5.41, 5.74) is 0.635. The van der Waals surface area contributed by atoms with Gasteiger partial charge in [-0.3, -0.25) is 4.98 Å². The van der Waals surface area contributed by atoms with E-state index in [1.165, 1.54) is 18.3 Å². The predicted molar refractivity (Wildman–Crippen MR) is 77.3 cm³/mol. The Bertz CT molecular complexity index is 616. The van der Waals surface area contributed by atoms with Crippen LogP contribution in [0, 0.1) is 0 Å². The lowest BCUT2D eigenvalue weighted by atomic mass is 10.2. The van der Waals surface area contributed by atoms with Crippen LogP contribution < -0.4 is 10.6 Å². The minimum Gasteiger partial charge on any atom is -0.478 e. The van der Waals surface area contributed by atoms with E-state index >= 15 is 0 Å². The zero-order chi connectivity index (χ0) is 15.1. The Hall–Kier alpha value is -2.48. The third-order valence-electron chi connectivity index (χ3n) is 2.60. The lowest BCUT2D eigenvalue weighted by Crippen LogP contribution is -2.36. The van der Waals surface area contributed by atoms with Crippen molar-refractivity contribution in [3.63, 3.8) is 0 Å². The van der Waals surface area contributed by atoms with Gasteiger partial charge in [0.15, 0.2) is 0 Å². The Kier molecular flexibility index (Phi) is 5.22. The molecule has 2 aromatic rings. The molecule has 2 amide bonds. The van der Waals surface area contributed by atoms with Gasteiger partial charge in [-0.25, -0.2) is 14.6 Å². The number of pyridine rings is 1. The number of thiazole rings is 1. The molecule has 0 radical (unpaired) electrons. The molecule has 2 aromatic heterocycles. The van der Waals surface area contributed by atoms with Crippen molar-refractivity contribution < 1.29 is 14.7 Å². The van der Waals surface area contributed by atoms with E-state index in [1.54, 1.807) is 17.5 Å². The molecule has 0 saturated heterocycles. The molecule has 2 rings (SSSR count). The van der Waals surface area contributed by atoms with E-state index in [9.17, 15) is 9.59 Å². The number of carboxylic acid groups (broad SMARTS) is 1. The maximum atomic E-state index is 11.6. The van der Waals surface area contributed by atoms with Crippen LogP contribution in [0.25, 0.3) is 0 Å². The average Bonchev–Trinajstić information content (AvgIpc) is 2.99. The second-order valence-corrected chi connectivity index (χ2v) is 5.11. The van der Waals surface area contributed by atoms with Crippen LogP contribution in [0.1, 0.15) is 21.1 Å². The fourth-order valence-electron chi connectivity index (χ4n) is 1.60. The zero-order valence-electron chi connectivity index (χ0n) is 11.1. The first-order valence-electron chi connectivity index (χ1n) is 6.23. The van der Waals surface area contributed by atoms with Gasteiger partial charge in [0.2, 0.25) is 0 Å². The van der Waals surface area contributed by atoms with Gasteiger partial charge >= 0.3 is 12.0 Å². The normalized spacial score (nSPS) is 10.1. The number of hydrogen-bond acceptors (Lipinski definition) is 5. The van der Waals surface area contributed by atoms with E-state index in [1.807, 2.05) is 5.38 Å². The van der Waals surface area contributed by atoms with Crippen LogP contribution in [0.15, 0.2) is 29.9 Å². The highest BCUT2D eigenvalue weighted by Gasteiger charge is 2.06. The summed E-state index contributed by atoms with van der Waals surface area (Å²) in [4.78, 5) is 30.5. The second-order valence-electron chi connectivity index (χ2n) is 4.13. The highest BCUT2D eigenvalue weighted by molar-refractivity contribution is 7.09. The van der Waals surface area contributed by atoms with Gasteiger partial charge in [0.1, 0.15) is 0 Å². The maximum Gasteiger partial charge on any atom is 0.335 e. The standard InChI is InChI=1S/C13H14N4O3S/c18-12(19)9-1-3-14-10(7-9)8-17-13(20)16-4-2-11-15-5-6-21-11/h1,3,5-7H,2,4,8H2,(H,18,19)(H2,16,17,20). The van der Waals surface area contributed by atoms with Crippen molar-refractivity contribution in [3.05, 3.63) is 46.2 Å². The first kappa shape index (κ1) is 14.9. The van der Waals surface area contributed by atoms with Crippen molar-refractivity contribution in [3.8, 4) is 0 Å². The number of carbonyl (C=O) groups is 2. The topological polar surface area (TPSA) is 104 Å². The third-order valence-corrected chi connectivity index (χ3v) is 3.44. The SMILES string of the molecule is O=C(NCCc1nccs1)NCc1cc(C(=O)O)ccn1. The molecule has 0 aliphatic rings. The molecule has 0 unspecified atom stereocenters. The minimum atomic E-state index is -1.02. The van der Waals surface area contributed by atoms with E-state index in [2.05, 4.69) is 20.6 Å². The number of aromatic nitrogens is 2. The number of hydrogen-bond donors (Lipinski definition) is 3. The first-order chi connectivity index (χ1) is 10.1. The number of carbonyl (C=O) groups excluding carboxylic acids is 1. The quantitative estimate of drug-likeness (QED) is 0.745. The summed E-state index contributed by atoms with van der Waals surface area (Å²) >= 11 is 1.54. The Labute approximate surface area is 125 Å². The fraction of sp³-hybridized carbons (Fsp3) is 0.231. The predicted octanol–water partition coefficient (Wildman–Crippen LogP) is 1.28. The number of amides is 2. The van der Waals surface area contributed by atoms with Crippen molar-refractivity contribution in [1.82, 2.24) is 20.6 Å². The maximum absolute atomic E-state index is 11.6. The van der Waals surface area contributed by atoms with Gasteiger partial charge in [-0.2, -0.15) is 0 Å². The molecule has 3 N–H and O–H groups in total. The molecular weight excluding hydrogens is 292 g/mol. The monoisotopic (exact) mass is 306 g/mol. The number of nitrogens with zero attached hydrogens (tertiary/aromatic N) is 2. The molecule has 0 saturated carbocycles. The summed E-state index contributed by atoms with van der Waals surface area (Å²) in [5.74, 6) is -1.02. The molecule has 0 spiro atoms. The molecule has 0 aliphatic heterocycles. The Morgan fingerprint density at radius 2 is 2.10 bits per heavy atom. The number of urea groups is 1. The van der Waals surface area contributed by atoms with Gasteiger partial charge in [-0.15, -0.1) is 11.3 Å². The fourth-order valence-corrected chi connectivity index (χ4v) is 2.22. The number of rotatable bonds is 6. The Morgan fingerprint density at radius 1 is 1.24 bits per heavy atom. The number of aromatic carboxylic acids is 1. The molecular formula is C13H14N4O3S. The first-order valence-corrected chi connectivity index (χ1v) is 7.11. The van der Waals surface area contributed by atoms with Crippen LogP contribution in [0.3, 0.4) is 0 Å². The van der Waals surface area contributed by atoms with Crippen molar-refractivity contribution >= 4 is 23.3 Å². The highest BCUT2D eigenvalue weighted by atomic mass is 32.1. The molecule has 110 valence electrons. The molecule has 8 heteroatoms. The average molecular weight is 306 g/mol. The molecule has 21 heavy (non-hydrogen) atoms.